The van der Waals surface area contributed by atoms with E-state index in [1.54, 1.807) is 23.2 Å². The molecule has 1 aliphatic heterocycles. The zero-order chi connectivity index (χ0) is 19.0. The molecule has 0 bridgehead atoms. The molecule has 8 heteroatoms. The van der Waals surface area contributed by atoms with Gasteiger partial charge in [-0.05, 0) is 24.3 Å². The summed E-state index contributed by atoms with van der Waals surface area (Å²) in [6, 6.07) is 6.55. The van der Waals surface area contributed by atoms with E-state index in [2.05, 4.69) is 9.97 Å². The molecule has 0 fully saturated rings. The summed E-state index contributed by atoms with van der Waals surface area (Å²) < 4.78 is 58.9. The molecule has 27 heavy (non-hydrogen) atoms. The maximum Gasteiger partial charge on any atom is 0.416 e. The first kappa shape index (κ1) is 17.7. The van der Waals surface area contributed by atoms with Gasteiger partial charge in [-0.3, -0.25) is 4.90 Å². The van der Waals surface area contributed by atoms with Crippen molar-refractivity contribution in [2.24, 2.45) is 0 Å². The first-order valence-electron chi connectivity index (χ1n) is 8.37. The Labute approximate surface area is 152 Å². The average Bonchev–Trinajstić information content (AvgIpc) is 3.17. The quantitative estimate of drug-likeness (QED) is 0.633. The second-order valence-electron chi connectivity index (χ2n) is 6.37. The summed E-state index contributed by atoms with van der Waals surface area (Å²) in [5.41, 5.74) is 0.387. The van der Waals surface area contributed by atoms with Gasteiger partial charge >= 0.3 is 6.18 Å². The molecule has 0 saturated carbocycles. The van der Waals surface area contributed by atoms with Gasteiger partial charge in [0.1, 0.15) is 5.82 Å². The van der Waals surface area contributed by atoms with Crippen molar-refractivity contribution >= 4 is 0 Å². The smallest absolute Gasteiger partial charge is 0.416 e. The first-order valence-corrected chi connectivity index (χ1v) is 8.37. The second kappa shape index (κ2) is 6.77. The van der Waals surface area contributed by atoms with Crippen LogP contribution in [0.2, 0.25) is 0 Å². The Bertz CT molecular complexity index is 954. The topological polar surface area (TPSA) is 42.2 Å². The highest BCUT2D eigenvalue weighted by Crippen LogP contribution is 2.34. The molecule has 2 aromatic heterocycles. The van der Waals surface area contributed by atoms with Crippen LogP contribution < -0.4 is 0 Å². The molecule has 3 aromatic rings. The summed E-state index contributed by atoms with van der Waals surface area (Å²) in [7, 11) is 0. The number of fused-ring (bicyclic) bond motifs is 1. The number of hydrogen-bond donors (Lipinski definition) is 0. The normalized spacial score (nSPS) is 15.0. The number of furan rings is 1. The molecule has 3 heterocycles. The highest BCUT2D eigenvalue weighted by molar-refractivity contribution is 5.47. The lowest BCUT2D eigenvalue weighted by molar-refractivity contribution is -0.138. The molecular formula is C19H15F4N3O. The van der Waals surface area contributed by atoms with Crippen LogP contribution in [0.25, 0.3) is 11.6 Å². The lowest BCUT2D eigenvalue weighted by atomic mass is 10.0. The standard InChI is InChI=1S/C19H15F4N3O/c20-15-4-1-3-14(19(21,22)23)13(15)11-26-7-6-16-12(10-26)9-24-18(25-16)17-5-2-8-27-17/h1-5,8-9H,6-7,10-11H2. The Balaban J connectivity index is 1.56. The average molecular weight is 377 g/mol. The number of hydrogen-bond acceptors (Lipinski definition) is 4. The predicted molar refractivity (Wildman–Crippen MR) is 89.0 cm³/mol. The van der Waals surface area contributed by atoms with Crippen molar-refractivity contribution < 1.29 is 22.0 Å². The summed E-state index contributed by atoms with van der Waals surface area (Å²) in [4.78, 5) is 10.5. The number of nitrogens with zero attached hydrogens (tertiary/aromatic N) is 3. The third-order valence-corrected chi connectivity index (χ3v) is 4.56. The molecule has 0 saturated heterocycles. The first-order chi connectivity index (χ1) is 12.9. The van der Waals surface area contributed by atoms with E-state index in [0.717, 1.165) is 29.5 Å². The highest BCUT2D eigenvalue weighted by Gasteiger charge is 2.35. The fourth-order valence-electron chi connectivity index (χ4n) is 3.24. The van der Waals surface area contributed by atoms with Gasteiger partial charge in [0.25, 0.3) is 0 Å². The third kappa shape index (κ3) is 3.57. The van der Waals surface area contributed by atoms with Crippen molar-refractivity contribution in [3.05, 3.63) is 71.0 Å². The van der Waals surface area contributed by atoms with Gasteiger partial charge in [0.2, 0.25) is 0 Å². The Kier molecular flexibility index (Phi) is 4.43. The summed E-state index contributed by atoms with van der Waals surface area (Å²) >= 11 is 0. The largest absolute Gasteiger partial charge is 0.461 e. The molecule has 4 nitrogen and oxygen atoms in total. The van der Waals surface area contributed by atoms with Crippen LogP contribution in [0.5, 0.6) is 0 Å². The minimum absolute atomic E-state index is 0.124. The van der Waals surface area contributed by atoms with Gasteiger partial charge in [-0.15, -0.1) is 0 Å². The van der Waals surface area contributed by atoms with Gasteiger partial charge in [-0.2, -0.15) is 13.2 Å². The fraction of sp³-hybridized carbons (Fsp3) is 0.263. The Hall–Kier alpha value is -2.74. The molecular weight excluding hydrogens is 362 g/mol. The minimum Gasteiger partial charge on any atom is -0.461 e. The van der Waals surface area contributed by atoms with Gasteiger partial charge in [0.05, 0.1) is 17.5 Å². The van der Waals surface area contributed by atoms with E-state index in [1.807, 2.05) is 0 Å². The van der Waals surface area contributed by atoms with Crippen molar-refractivity contribution in [1.82, 2.24) is 14.9 Å². The van der Waals surface area contributed by atoms with Crippen LogP contribution >= 0.6 is 0 Å². The van der Waals surface area contributed by atoms with Crippen molar-refractivity contribution in [3.8, 4) is 11.6 Å². The monoisotopic (exact) mass is 377 g/mol. The highest BCUT2D eigenvalue weighted by atomic mass is 19.4. The summed E-state index contributed by atoms with van der Waals surface area (Å²) in [5, 5.41) is 0. The van der Waals surface area contributed by atoms with Crippen LogP contribution in [-0.2, 0) is 25.7 Å². The van der Waals surface area contributed by atoms with E-state index < -0.39 is 17.6 Å². The predicted octanol–water partition coefficient (Wildman–Crippen LogP) is 4.45. The minimum atomic E-state index is -4.59. The molecule has 0 radical (unpaired) electrons. The summed E-state index contributed by atoms with van der Waals surface area (Å²) in [5.74, 6) is 0.183. The van der Waals surface area contributed by atoms with Crippen molar-refractivity contribution in [2.75, 3.05) is 6.54 Å². The molecule has 4 rings (SSSR count). The number of halogens is 4. The number of benzene rings is 1. The summed E-state index contributed by atoms with van der Waals surface area (Å²) in [6.07, 6.45) is -0.863. The summed E-state index contributed by atoms with van der Waals surface area (Å²) in [6.45, 7) is 0.716. The third-order valence-electron chi connectivity index (χ3n) is 4.56. The van der Waals surface area contributed by atoms with Gasteiger partial charge in [-0.1, -0.05) is 6.07 Å². The van der Waals surface area contributed by atoms with Crippen LogP contribution in [0.15, 0.2) is 47.2 Å². The molecule has 0 N–H and O–H groups in total. The van der Waals surface area contributed by atoms with E-state index in [9.17, 15) is 17.6 Å². The zero-order valence-electron chi connectivity index (χ0n) is 14.1. The zero-order valence-corrected chi connectivity index (χ0v) is 14.1. The Morgan fingerprint density at radius 2 is 2.00 bits per heavy atom. The molecule has 1 aliphatic rings. The van der Waals surface area contributed by atoms with Gasteiger partial charge < -0.3 is 4.42 Å². The Morgan fingerprint density at radius 1 is 1.15 bits per heavy atom. The van der Waals surface area contributed by atoms with Crippen LogP contribution in [0.3, 0.4) is 0 Å². The second-order valence-corrected chi connectivity index (χ2v) is 6.37. The van der Waals surface area contributed by atoms with Crippen molar-refractivity contribution in [1.29, 1.82) is 0 Å². The van der Waals surface area contributed by atoms with Crippen LogP contribution in [0.1, 0.15) is 22.4 Å². The molecule has 0 amide bonds. The Morgan fingerprint density at radius 3 is 2.74 bits per heavy atom. The van der Waals surface area contributed by atoms with E-state index in [0.29, 0.717) is 31.1 Å². The van der Waals surface area contributed by atoms with Crippen LogP contribution in [0, 0.1) is 5.82 Å². The van der Waals surface area contributed by atoms with Crippen LogP contribution in [0.4, 0.5) is 17.6 Å². The van der Waals surface area contributed by atoms with E-state index in [1.165, 1.54) is 6.26 Å². The van der Waals surface area contributed by atoms with E-state index in [-0.39, 0.29) is 12.1 Å². The van der Waals surface area contributed by atoms with Gasteiger partial charge in [-0.25, -0.2) is 14.4 Å². The number of rotatable bonds is 3. The molecule has 0 spiro atoms. The molecule has 0 atom stereocenters. The molecule has 0 unspecified atom stereocenters. The van der Waals surface area contributed by atoms with E-state index >= 15 is 0 Å². The molecule has 1 aromatic carbocycles. The fourth-order valence-corrected chi connectivity index (χ4v) is 3.24. The molecule has 140 valence electrons. The molecule has 0 aliphatic carbocycles. The van der Waals surface area contributed by atoms with Gasteiger partial charge in [0.15, 0.2) is 11.6 Å². The number of alkyl halides is 3. The van der Waals surface area contributed by atoms with Crippen molar-refractivity contribution in [3.63, 3.8) is 0 Å². The maximum atomic E-state index is 14.1. The SMILES string of the molecule is Fc1cccc(C(F)(F)F)c1CN1CCc2nc(-c3ccco3)ncc2C1. The van der Waals surface area contributed by atoms with E-state index in [4.69, 9.17) is 4.42 Å². The maximum absolute atomic E-state index is 14.1. The van der Waals surface area contributed by atoms with Crippen molar-refractivity contribution in [2.45, 2.75) is 25.7 Å². The lowest BCUT2D eigenvalue weighted by Gasteiger charge is -2.29. The lowest BCUT2D eigenvalue weighted by Crippen LogP contribution is -2.32. The van der Waals surface area contributed by atoms with Crippen LogP contribution in [-0.4, -0.2) is 21.4 Å². The van der Waals surface area contributed by atoms with Gasteiger partial charge in [0, 0.05) is 43.4 Å². The number of aromatic nitrogens is 2.